The average Bonchev–Trinajstić information content (AvgIpc) is 2.94. The fourth-order valence-electron chi connectivity index (χ4n) is 5.09. The van der Waals surface area contributed by atoms with Crippen molar-refractivity contribution in [3.05, 3.63) is 63.6 Å². The Morgan fingerprint density at radius 3 is 2.47 bits per heavy atom. The third kappa shape index (κ3) is 3.91. The van der Waals surface area contributed by atoms with E-state index in [-0.39, 0.29) is 30.4 Å². The fraction of sp³-hybridized carbons (Fsp3) is 0.440. The largest absolute Gasteiger partial charge is 0.352 e. The normalized spacial score (nSPS) is 22.8. The van der Waals surface area contributed by atoms with Crippen molar-refractivity contribution in [3.8, 4) is 0 Å². The minimum atomic E-state index is -0.993. The molecular weight excluding hydrogens is 445 g/mol. The Balaban J connectivity index is 1.57. The maximum Gasteiger partial charge on any atom is 0.249 e. The zero-order valence-electron chi connectivity index (χ0n) is 17.9. The zero-order valence-corrected chi connectivity index (χ0v) is 19.4. The third-order valence-corrected chi connectivity index (χ3v) is 7.66. The number of nitrogens with one attached hydrogen (secondary N) is 2. The molecule has 7 heteroatoms. The van der Waals surface area contributed by atoms with Crippen molar-refractivity contribution in [1.29, 1.82) is 0 Å². The second-order valence-corrected chi connectivity index (χ2v) is 10.1. The Labute approximate surface area is 198 Å². The minimum absolute atomic E-state index is 0.0118. The first kappa shape index (κ1) is 21.7. The molecule has 2 aliphatic carbocycles. The highest BCUT2D eigenvalue weighted by atomic mass is 35.5. The van der Waals surface area contributed by atoms with E-state index in [0.29, 0.717) is 22.2 Å². The van der Waals surface area contributed by atoms with Gasteiger partial charge in [0.15, 0.2) is 0 Å². The first-order chi connectivity index (χ1) is 15.5. The molecule has 0 aromatic heterocycles. The van der Waals surface area contributed by atoms with Gasteiger partial charge in [0.25, 0.3) is 0 Å². The molecule has 2 aromatic rings. The summed E-state index contributed by atoms with van der Waals surface area (Å²) >= 11 is 12.5. The van der Waals surface area contributed by atoms with Gasteiger partial charge in [0.2, 0.25) is 11.8 Å². The molecule has 168 valence electrons. The van der Waals surface area contributed by atoms with Crippen molar-refractivity contribution < 1.29 is 9.59 Å². The Morgan fingerprint density at radius 2 is 1.81 bits per heavy atom. The van der Waals surface area contributed by atoms with Crippen LogP contribution in [0.3, 0.4) is 0 Å². The molecule has 1 unspecified atom stereocenters. The average molecular weight is 472 g/mol. The molecule has 5 rings (SSSR count). The number of benzene rings is 2. The topological polar surface area (TPSA) is 61.4 Å². The van der Waals surface area contributed by atoms with Crippen molar-refractivity contribution in [2.75, 3.05) is 11.9 Å². The number of fused-ring (bicyclic) bond motifs is 1. The maximum absolute atomic E-state index is 13.8. The second-order valence-electron chi connectivity index (χ2n) is 9.22. The van der Waals surface area contributed by atoms with Crippen LogP contribution in [-0.4, -0.2) is 35.3 Å². The highest BCUT2D eigenvalue weighted by Crippen LogP contribution is 2.47. The van der Waals surface area contributed by atoms with Gasteiger partial charge in [-0.1, -0.05) is 47.8 Å². The Morgan fingerprint density at radius 1 is 1.06 bits per heavy atom. The zero-order chi connectivity index (χ0) is 22.3. The number of hydrogen-bond donors (Lipinski definition) is 2. The number of rotatable bonds is 7. The lowest BCUT2D eigenvalue weighted by Crippen LogP contribution is -2.61. The summed E-state index contributed by atoms with van der Waals surface area (Å²) in [7, 11) is 0. The van der Waals surface area contributed by atoms with E-state index >= 15 is 0 Å². The van der Waals surface area contributed by atoms with Crippen LogP contribution in [0, 0.1) is 0 Å². The molecule has 2 saturated carbocycles. The Bertz CT molecular complexity index is 1050. The van der Waals surface area contributed by atoms with Gasteiger partial charge in [0.05, 0.1) is 6.54 Å². The summed E-state index contributed by atoms with van der Waals surface area (Å²) in [6.45, 7) is 0.192. The van der Waals surface area contributed by atoms with Gasteiger partial charge >= 0.3 is 0 Å². The molecule has 0 radical (unpaired) electrons. The van der Waals surface area contributed by atoms with Crippen LogP contribution in [-0.2, 0) is 21.5 Å². The lowest BCUT2D eigenvalue weighted by Gasteiger charge is -2.47. The first-order valence-electron chi connectivity index (χ1n) is 11.4. The lowest BCUT2D eigenvalue weighted by atomic mass is 9.78. The predicted molar refractivity (Wildman–Crippen MR) is 127 cm³/mol. The molecule has 0 saturated heterocycles. The van der Waals surface area contributed by atoms with Crippen LogP contribution < -0.4 is 10.6 Å². The molecule has 3 aliphatic rings. The van der Waals surface area contributed by atoms with Gasteiger partial charge in [-0.3, -0.25) is 14.5 Å². The minimum Gasteiger partial charge on any atom is -0.352 e. The van der Waals surface area contributed by atoms with Crippen LogP contribution in [0.25, 0.3) is 0 Å². The first-order valence-corrected chi connectivity index (χ1v) is 12.1. The van der Waals surface area contributed by atoms with Crippen molar-refractivity contribution in [2.24, 2.45) is 0 Å². The van der Waals surface area contributed by atoms with Crippen LogP contribution in [0.4, 0.5) is 5.69 Å². The summed E-state index contributed by atoms with van der Waals surface area (Å²) in [6.07, 6.45) is 6.71. The molecule has 5 nitrogen and oxygen atoms in total. The summed E-state index contributed by atoms with van der Waals surface area (Å²) in [6, 6.07) is 13.6. The van der Waals surface area contributed by atoms with Crippen molar-refractivity contribution in [3.63, 3.8) is 0 Å². The number of hydrogen-bond acceptors (Lipinski definition) is 3. The summed E-state index contributed by atoms with van der Waals surface area (Å²) in [5, 5.41) is 7.41. The van der Waals surface area contributed by atoms with Gasteiger partial charge in [-0.25, -0.2) is 0 Å². The molecule has 1 aliphatic heterocycles. The van der Waals surface area contributed by atoms with E-state index in [2.05, 4.69) is 15.5 Å². The molecule has 1 atom stereocenters. The molecule has 32 heavy (non-hydrogen) atoms. The van der Waals surface area contributed by atoms with E-state index in [1.165, 1.54) is 0 Å². The van der Waals surface area contributed by atoms with E-state index in [0.717, 1.165) is 49.7 Å². The van der Waals surface area contributed by atoms with Gasteiger partial charge in [-0.05, 0) is 61.9 Å². The van der Waals surface area contributed by atoms with Gasteiger partial charge in [0, 0.05) is 39.8 Å². The van der Waals surface area contributed by atoms with Gasteiger partial charge in [-0.15, -0.1) is 0 Å². The molecule has 2 fully saturated rings. The number of anilines is 1. The van der Waals surface area contributed by atoms with Crippen molar-refractivity contribution in [1.82, 2.24) is 10.2 Å². The Hall–Kier alpha value is -2.08. The van der Waals surface area contributed by atoms with Crippen LogP contribution in [0.15, 0.2) is 42.5 Å². The third-order valence-electron chi connectivity index (χ3n) is 7.19. The van der Waals surface area contributed by atoms with Gasteiger partial charge in [-0.2, -0.15) is 0 Å². The summed E-state index contributed by atoms with van der Waals surface area (Å²) in [5.41, 5.74) is 1.55. The van der Waals surface area contributed by atoms with E-state index in [4.69, 9.17) is 23.2 Å². The standard InChI is InChI=1S/C25H27Cl2N3O2/c26-17-5-1-4-16(12-17)14-25(21-11-10-18(27)13-22(21)29-24(25)32)30(20-8-3-9-20)15-23(31)28-19-6-2-7-19/h1,4-5,10-13,19-20H,2-3,6-9,14-15H2,(H,28,31)(H,29,32). The van der Waals surface area contributed by atoms with Crippen molar-refractivity contribution >= 4 is 40.7 Å². The molecule has 2 amide bonds. The monoisotopic (exact) mass is 471 g/mol. The maximum atomic E-state index is 13.8. The number of carbonyl (C=O) groups excluding carboxylic acids is 2. The van der Waals surface area contributed by atoms with E-state index in [1.54, 1.807) is 6.07 Å². The van der Waals surface area contributed by atoms with Gasteiger partial charge in [0.1, 0.15) is 5.54 Å². The number of amides is 2. The van der Waals surface area contributed by atoms with E-state index in [1.807, 2.05) is 36.4 Å². The van der Waals surface area contributed by atoms with Crippen LogP contribution in [0.2, 0.25) is 10.0 Å². The highest BCUT2D eigenvalue weighted by molar-refractivity contribution is 6.31. The van der Waals surface area contributed by atoms with Crippen molar-refractivity contribution in [2.45, 2.75) is 62.6 Å². The summed E-state index contributed by atoms with van der Waals surface area (Å²) < 4.78 is 0. The quantitative estimate of drug-likeness (QED) is 0.602. The fourth-order valence-corrected chi connectivity index (χ4v) is 5.47. The molecule has 2 aromatic carbocycles. The van der Waals surface area contributed by atoms with E-state index in [9.17, 15) is 9.59 Å². The molecule has 1 heterocycles. The van der Waals surface area contributed by atoms with Gasteiger partial charge < -0.3 is 10.6 Å². The number of carbonyl (C=O) groups is 2. The summed E-state index contributed by atoms with van der Waals surface area (Å²) in [4.78, 5) is 28.9. The summed E-state index contributed by atoms with van der Waals surface area (Å²) in [5.74, 6) is -0.125. The Kier molecular flexibility index (Phi) is 5.91. The molecule has 0 spiro atoms. The van der Waals surface area contributed by atoms with Crippen LogP contribution in [0.5, 0.6) is 0 Å². The SMILES string of the molecule is O=C(CN(C1CCC1)C1(Cc2cccc(Cl)c2)C(=O)Nc2cc(Cl)ccc21)NC1CCC1. The second kappa shape index (κ2) is 8.69. The van der Waals surface area contributed by atoms with Crippen LogP contribution >= 0.6 is 23.2 Å². The van der Waals surface area contributed by atoms with Crippen LogP contribution in [0.1, 0.15) is 49.7 Å². The molecular formula is C25H27Cl2N3O2. The molecule has 0 bridgehead atoms. The smallest absolute Gasteiger partial charge is 0.249 e. The number of nitrogens with zero attached hydrogens (tertiary/aromatic N) is 1. The predicted octanol–water partition coefficient (Wildman–Crippen LogP) is 4.91. The highest BCUT2D eigenvalue weighted by Gasteiger charge is 2.54. The lowest BCUT2D eigenvalue weighted by molar-refractivity contribution is -0.136. The molecule has 2 N–H and O–H groups in total. The van der Waals surface area contributed by atoms with E-state index < -0.39 is 5.54 Å². The number of halogens is 2.